The number of ether oxygens (including phenoxy) is 1. The number of carbonyl (C=O) groups is 1. The minimum absolute atomic E-state index is 0.0783. The fourth-order valence-electron chi connectivity index (χ4n) is 2.24. The Bertz CT molecular complexity index is 202. The number of rotatable bonds is 7. The lowest BCUT2D eigenvalue weighted by atomic mass is 10.1. The predicted molar refractivity (Wildman–Crippen MR) is 69.0 cm³/mol. The van der Waals surface area contributed by atoms with Crippen molar-refractivity contribution in [3.05, 3.63) is 0 Å². The molecule has 4 heteroatoms. The third-order valence-corrected chi connectivity index (χ3v) is 3.27. The SMILES string of the molecule is COCCC(=O)NCCNC1CCCCCC1. The molecule has 1 rings (SSSR count). The van der Waals surface area contributed by atoms with E-state index in [1.165, 1.54) is 38.5 Å². The second-order valence-corrected chi connectivity index (χ2v) is 4.74. The fourth-order valence-corrected chi connectivity index (χ4v) is 2.24. The maximum Gasteiger partial charge on any atom is 0.222 e. The smallest absolute Gasteiger partial charge is 0.222 e. The van der Waals surface area contributed by atoms with E-state index in [0.29, 0.717) is 19.1 Å². The van der Waals surface area contributed by atoms with Crippen LogP contribution in [-0.2, 0) is 9.53 Å². The Morgan fingerprint density at radius 1 is 1.18 bits per heavy atom. The molecule has 1 aliphatic carbocycles. The van der Waals surface area contributed by atoms with Gasteiger partial charge in [-0.2, -0.15) is 0 Å². The van der Waals surface area contributed by atoms with Crippen LogP contribution in [0.3, 0.4) is 0 Å². The summed E-state index contributed by atoms with van der Waals surface area (Å²) in [6, 6.07) is 0.661. The van der Waals surface area contributed by atoms with Gasteiger partial charge in [-0.05, 0) is 12.8 Å². The van der Waals surface area contributed by atoms with Gasteiger partial charge in [0.25, 0.3) is 0 Å². The van der Waals surface area contributed by atoms with E-state index in [1.54, 1.807) is 7.11 Å². The number of methoxy groups -OCH3 is 1. The summed E-state index contributed by atoms with van der Waals surface area (Å²) >= 11 is 0. The highest BCUT2D eigenvalue weighted by atomic mass is 16.5. The average molecular weight is 242 g/mol. The molecule has 0 atom stereocenters. The van der Waals surface area contributed by atoms with Crippen LogP contribution in [0.2, 0.25) is 0 Å². The first-order chi connectivity index (χ1) is 8.33. The van der Waals surface area contributed by atoms with Crippen molar-refractivity contribution in [1.29, 1.82) is 0 Å². The molecule has 0 aromatic carbocycles. The highest BCUT2D eigenvalue weighted by Crippen LogP contribution is 2.16. The van der Waals surface area contributed by atoms with Crippen LogP contribution in [0.1, 0.15) is 44.9 Å². The van der Waals surface area contributed by atoms with Gasteiger partial charge >= 0.3 is 0 Å². The van der Waals surface area contributed by atoms with Crippen molar-refractivity contribution >= 4 is 5.91 Å². The van der Waals surface area contributed by atoms with Crippen molar-refractivity contribution in [1.82, 2.24) is 10.6 Å². The quantitative estimate of drug-likeness (QED) is 0.525. The maximum atomic E-state index is 11.3. The summed E-state index contributed by atoms with van der Waals surface area (Å²) in [7, 11) is 1.61. The summed E-state index contributed by atoms with van der Waals surface area (Å²) in [5.41, 5.74) is 0. The number of hydrogen-bond acceptors (Lipinski definition) is 3. The van der Waals surface area contributed by atoms with Crippen molar-refractivity contribution in [3.8, 4) is 0 Å². The molecule has 0 heterocycles. The lowest BCUT2D eigenvalue weighted by molar-refractivity contribution is -0.121. The molecule has 1 amide bonds. The van der Waals surface area contributed by atoms with Crippen molar-refractivity contribution in [2.75, 3.05) is 26.8 Å². The lowest BCUT2D eigenvalue weighted by Crippen LogP contribution is -2.37. The van der Waals surface area contributed by atoms with E-state index in [4.69, 9.17) is 4.74 Å². The van der Waals surface area contributed by atoms with Gasteiger partial charge in [0.05, 0.1) is 6.61 Å². The van der Waals surface area contributed by atoms with E-state index < -0.39 is 0 Å². The minimum Gasteiger partial charge on any atom is -0.384 e. The first-order valence-corrected chi connectivity index (χ1v) is 6.82. The van der Waals surface area contributed by atoms with Crippen LogP contribution in [0.15, 0.2) is 0 Å². The molecule has 0 bridgehead atoms. The van der Waals surface area contributed by atoms with Crippen LogP contribution < -0.4 is 10.6 Å². The molecule has 1 fully saturated rings. The monoisotopic (exact) mass is 242 g/mol. The van der Waals surface area contributed by atoms with Gasteiger partial charge in [0, 0.05) is 32.7 Å². The Morgan fingerprint density at radius 2 is 1.88 bits per heavy atom. The fraction of sp³-hybridized carbons (Fsp3) is 0.923. The Balaban J connectivity index is 1.97. The zero-order valence-electron chi connectivity index (χ0n) is 11.0. The van der Waals surface area contributed by atoms with E-state index in [9.17, 15) is 4.79 Å². The van der Waals surface area contributed by atoms with Gasteiger partial charge in [-0.3, -0.25) is 4.79 Å². The van der Waals surface area contributed by atoms with Gasteiger partial charge in [0.2, 0.25) is 5.91 Å². The zero-order chi connectivity index (χ0) is 12.3. The Labute approximate surface area is 104 Å². The molecule has 0 aromatic heterocycles. The molecule has 4 nitrogen and oxygen atoms in total. The molecule has 1 saturated carbocycles. The first-order valence-electron chi connectivity index (χ1n) is 6.82. The zero-order valence-corrected chi connectivity index (χ0v) is 11.0. The second-order valence-electron chi connectivity index (χ2n) is 4.74. The van der Waals surface area contributed by atoms with Crippen molar-refractivity contribution in [2.24, 2.45) is 0 Å². The molecule has 0 radical (unpaired) electrons. The summed E-state index contributed by atoms with van der Waals surface area (Å²) in [5.74, 6) is 0.0783. The summed E-state index contributed by atoms with van der Waals surface area (Å²) in [5, 5.41) is 6.42. The summed E-state index contributed by atoms with van der Waals surface area (Å²) < 4.78 is 4.85. The van der Waals surface area contributed by atoms with Gasteiger partial charge in [-0.1, -0.05) is 25.7 Å². The molecule has 0 spiro atoms. The molecule has 1 aliphatic rings. The molecule has 0 unspecified atom stereocenters. The Morgan fingerprint density at radius 3 is 2.53 bits per heavy atom. The third-order valence-electron chi connectivity index (χ3n) is 3.27. The molecule has 0 aromatic rings. The molecule has 100 valence electrons. The predicted octanol–water partition coefficient (Wildman–Crippen LogP) is 1.45. The normalized spacial score (nSPS) is 17.7. The molecular weight excluding hydrogens is 216 g/mol. The Kier molecular flexibility index (Phi) is 8.01. The van der Waals surface area contributed by atoms with E-state index in [-0.39, 0.29) is 5.91 Å². The van der Waals surface area contributed by atoms with Gasteiger partial charge < -0.3 is 15.4 Å². The first kappa shape index (κ1) is 14.5. The highest BCUT2D eigenvalue weighted by molar-refractivity contribution is 5.75. The van der Waals surface area contributed by atoms with E-state index in [2.05, 4.69) is 10.6 Å². The molecular formula is C13H26N2O2. The van der Waals surface area contributed by atoms with Crippen molar-refractivity contribution in [3.63, 3.8) is 0 Å². The maximum absolute atomic E-state index is 11.3. The van der Waals surface area contributed by atoms with Crippen LogP contribution in [0, 0.1) is 0 Å². The van der Waals surface area contributed by atoms with E-state index in [0.717, 1.165) is 13.1 Å². The van der Waals surface area contributed by atoms with Gasteiger partial charge in [0.15, 0.2) is 0 Å². The lowest BCUT2D eigenvalue weighted by Gasteiger charge is -2.16. The van der Waals surface area contributed by atoms with Crippen molar-refractivity contribution < 1.29 is 9.53 Å². The standard InChI is InChI=1S/C13H26N2O2/c1-17-11-8-13(16)15-10-9-14-12-6-4-2-3-5-7-12/h12,14H,2-11H2,1H3,(H,15,16). The second kappa shape index (κ2) is 9.42. The van der Waals surface area contributed by atoms with Crippen LogP contribution in [0.5, 0.6) is 0 Å². The van der Waals surface area contributed by atoms with Gasteiger partial charge in [0.1, 0.15) is 0 Å². The van der Waals surface area contributed by atoms with Gasteiger partial charge in [-0.25, -0.2) is 0 Å². The van der Waals surface area contributed by atoms with E-state index in [1.807, 2.05) is 0 Å². The van der Waals surface area contributed by atoms with Gasteiger partial charge in [-0.15, -0.1) is 0 Å². The number of hydrogen-bond donors (Lipinski definition) is 2. The molecule has 17 heavy (non-hydrogen) atoms. The average Bonchev–Trinajstić information content (AvgIpc) is 2.60. The third kappa shape index (κ3) is 7.34. The van der Waals surface area contributed by atoms with Crippen LogP contribution >= 0.6 is 0 Å². The Hall–Kier alpha value is -0.610. The number of carbonyl (C=O) groups excluding carboxylic acids is 1. The topological polar surface area (TPSA) is 50.4 Å². The molecule has 0 aliphatic heterocycles. The van der Waals surface area contributed by atoms with Crippen molar-refractivity contribution in [2.45, 2.75) is 51.0 Å². The number of nitrogens with one attached hydrogen (secondary N) is 2. The van der Waals surface area contributed by atoms with Crippen LogP contribution in [-0.4, -0.2) is 38.8 Å². The summed E-state index contributed by atoms with van der Waals surface area (Å²) in [4.78, 5) is 11.3. The van der Waals surface area contributed by atoms with Crippen LogP contribution in [0.4, 0.5) is 0 Å². The molecule has 2 N–H and O–H groups in total. The molecule has 0 saturated heterocycles. The summed E-state index contributed by atoms with van der Waals surface area (Å²) in [6.45, 7) is 2.10. The summed E-state index contributed by atoms with van der Waals surface area (Å²) in [6.07, 6.45) is 8.49. The highest BCUT2D eigenvalue weighted by Gasteiger charge is 2.10. The minimum atomic E-state index is 0.0783. The largest absolute Gasteiger partial charge is 0.384 e. The number of amides is 1. The van der Waals surface area contributed by atoms with E-state index >= 15 is 0 Å². The van der Waals surface area contributed by atoms with Crippen LogP contribution in [0.25, 0.3) is 0 Å².